The van der Waals surface area contributed by atoms with Crippen molar-refractivity contribution in [1.82, 2.24) is 29.5 Å². The van der Waals surface area contributed by atoms with Gasteiger partial charge in [-0.25, -0.2) is 9.97 Å². The van der Waals surface area contributed by atoms with Crippen LogP contribution in [0.1, 0.15) is 5.89 Å². The second kappa shape index (κ2) is 4.48. The molecule has 0 unspecified atom stereocenters. The number of nitrogens with zero attached hydrogens (tertiary/aromatic N) is 6. The van der Waals surface area contributed by atoms with Gasteiger partial charge in [0.2, 0.25) is 11.7 Å². The topological polar surface area (TPSA) is 82.0 Å². The highest BCUT2D eigenvalue weighted by Gasteiger charge is 2.11. The highest BCUT2D eigenvalue weighted by Crippen LogP contribution is 2.22. The quantitative estimate of drug-likeness (QED) is 0.558. The summed E-state index contributed by atoms with van der Waals surface area (Å²) in [7, 11) is 0. The molecule has 7 nitrogen and oxygen atoms in total. The maximum atomic E-state index is 5.01. The molecule has 0 saturated heterocycles. The lowest BCUT2D eigenvalue weighted by molar-refractivity contribution is 0.394. The fourth-order valence-corrected chi connectivity index (χ4v) is 2.15. The van der Waals surface area contributed by atoms with E-state index in [9.17, 15) is 0 Å². The van der Waals surface area contributed by atoms with Gasteiger partial charge in [0.15, 0.2) is 5.82 Å². The number of aromatic nitrogens is 6. The van der Waals surface area contributed by atoms with Gasteiger partial charge in [0.25, 0.3) is 0 Å². The molecule has 0 atom stereocenters. The van der Waals surface area contributed by atoms with E-state index in [2.05, 4.69) is 25.1 Å². The minimum Gasteiger partial charge on any atom is -0.339 e. The van der Waals surface area contributed by atoms with Crippen LogP contribution in [0.3, 0.4) is 0 Å². The van der Waals surface area contributed by atoms with E-state index in [1.807, 2.05) is 22.6 Å². The lowest BCUT2D eigenvalue weighted by Crippen LogP contribution is -1.96. The molecule has 0 N–H and O–H groups in total. The van der Waals surface area contributed by atoms with Crippen molar-refractivity contribution in [2.45, 2.75) is 6.92 Å². The van der Waals surface area contributed by atoms with Gasteiger partial charge in [-0.2, -0.15) is 4.98 Å². The van der Waals surface area contributed by atoms with E-state index in [-0.39, 0.29) is 0 Å². The third-order valence-corrected chi connectivity index (χ3v) is 3.11. The third-order valence-electron chi connectivity index (χ3n) is 3.11. The lowest BCUT2D eigenvalue weighted by atomic mass is 10.2. The summed E-state index contributed by atoms with van der Waals surface area (Å²) in [4.78, 5) is 17.1. The summed E-state index contributed by atoms with van der Waals surface area (Å²) in [5.74, 6) is 1.78. The van der Waals surface area contributed by atoms with Gasteiger partial charge in [0.05, 0.1) is 11.7 Å². The summed E-state index contributed by atoms with van der Waals surface area (Å²) in [5, 5.41) is 3.92. The molecule has 0 aliphatic heterocycles. The predicted octanol–water partition coefficient (Wildman–Crippen LogP) is 2.15. The van der Waals surface area contributed by atoms with Crippen molar-refractivity contribution in [3.05, 3.63) is 49.0 Å². The average molecular weight is 278 g/mol. The number of pyridine rings is 1. The summed E-state index contributed by atoms with van der Waals surface area (Å²) in [6.07, 6.45) is 6.93. The maximum absolute atomic E-state index is 5.01. The smallest absolute Gasteiger partial charge is 0.223 e. The van der Waals surface area contributed by atoms with Crippen molar-refractivity contribution in [2.75, 3.05) is 0 Å². The molecule has 7 heteroatoms. The average Bonchev–Trinajstić information content (AvgIpc) is 3.15. The van der Waals surface area contributed by atoms with Crippen molar-refractivity contribution in [3.8, 4) is 22.9 Å². The van der Waals surface area contributed by atoms with Gasteiger partial charge in [0, 0.05) is 24.9 Å². The molecule has 4 aromatic rings. The van der Waals surface area contributed by atoms with E-state index in [1.165, 1.54) is 0 Å². The van der Waals surface area contributed by atoms with Gasteiger partial charge in [-0.15, -0.1) is 0 Å². The Morgan fingerprint density at radius 2 is 2.05 bits per heavy atom. The minimum absolute atomic E-state index is 0.526. The molecule has 0 aliphatic rings. The number of rotatable bonds is 2. The molecule has 21 heavy (non-hydrogen) atoms. The lowest BCUT2D eigenvalue weighted by Gasteiger charge is -2.04. The summed E-state index contributed by atoms with van der Waals surface area (Å²) < 4.78 is 6.89. The zero-order chi connectivity index (χ0) is 14.2. The van der Waals surface area contributed by atoms with Gasteiger partial charge >= 0.3 is 0 Å². The van der Waals surface area contributed by atoms with E-state index in [0.29, 0.717) is 17.5 Å². The van der Waals surface area contributed by atoms with Crippen LogP contribution in [0.2, 0.25) is 0 Å². The molecule has 0 amide bonds. The molecule has 102 valence electrons. The van der Waals surface area contributed by atoms with Gasteiger partial charge in [0.1, 0.15) is 12.0 Å². The molecule has 0 spiro atoms. The van der Waals surface area contributed by atoms with Crippen molar-refractivity contribution in [2.24, 2.45) is 0 Å². The first-order valence-corrected chi connectivity index (χ1v) is 6.35. The van der Waals surface area contributed by atoms with E-state index in [1.54, 1.807) is 31.8 Å². The molecule has 4 rings (SSSR count). The highest BCUT2D eigenvalue weighted by molar-refractivity contribution is 5.64. The van der Waals surface area contributed by atoms with E-state index in [4.69, 9.17) is 4.52 Å². The number of hydrogen-bond acceptors (Lipinski definition) is 6. The van der Waals surface area contributed by atoms with Crippen LogP contribution in [-0.2, 0) is 0 Å². The minimum atomic E-state index is 0.526. The molecule has 0 aliphatic carbocycles. The van der Waals surface area contributed by atoms with Crippen LogP contribution in [0.25, 0.3) is 28.4 Å². The van der Waals surface area contributed by atoms with Crippen molar-refractivity contribution in [3.63, 3.8) is 0 Å². The van der Waals surface area contributed by atoms with Crippen LogP contribution < -0.4 is 0 Å². The Balaban J connectivity index is 1.88. The zero-order valence-corrected chi connectivity index (χ0v) is 11.1. The Hall–Kier alpha value is -3.09. The Kier molecular flexibility index (Phi) is 2.50. The van der Waals surface area contributed by atoms with Crippen LogP contribution in [0.5, 0.6) is 0 Å². The summed E-state index contributed by atoms with van der Waals surface area (Å²) in [6.45, 7) is 1.76. The Morgan fingerprint density at radius 1 is 1.14 bits per heavy atom. The molecule has 0 radical (unpaired) electrons. The van der Waals surface area contributed by atoms with Crippen LogP contribution in [0, 0.1) is 6.92 Å². The van der Waals surface area contributed by atoms with E-state index >= 15 is 0 Å². The van der Waals surface area contributed by atoms with Crippen LogP contribution in [0.15, 0.2) is 47.6 Å². The van der Waals surface area contributed by atoms with Crippen molar-refractivity contribution in [1.29, 1.82) is 0 Å². The van der Waals surface area contributed by atoms with Crippen LogP contribution >= 0.6 is 0 Å². The number of imidazole rings is 1. The van der Waals surface area contributed by atoms with E-state index < -0.39 is 0 Å². The summed E-state index contributed by atoms with van der Waals surface area (Å²) in [5.41, 5.74) is 2.51. The van der Waals surface area contributed by atoms with Crippen LogP contribution in [-0.4, -0.2) is 29.5 Å². The van der Waals surface area contributed by atoms with Crippen LogP contribution in [0.4, 0.5) is 0 Å². The largest absolute Gasteiger partial charge is 0.339 e. The Bertz CT molecular complexity index is 926. The fourth-order valence-electron chi connectivity index (χ4n) is 2.15. The number of fused-ring (bicyclic) bond motifs is 1. The molecule has 0 bridgehead atoms. The van der Waals surface area contributed by atoms with E-state index in [0.717, 1.165) is 16.8 Å². The molecule has 0 fully saturated rings. The number of aryl methyl sites for hydroxylation is 1. The number of hydrogen-bond donors (Lipinski definition) is 0. The van der Waals surface area contributed by atoms with Crippen molar-refractivity contribution < 1.29 is 4.52 Å². The molecule has 4 aromatic heterocycles. The fraction of sp³-hybridized carbons (Fsp3) is 0.0714. The Morgan fingerprint density at radius 3 is 2.90 bits per heavy atom. The SMILES string of the molecule is Cc1nc(-c2ccnc(-c3nccc4cncn34)c2)no1. The molecule has 0 aromatic carbocycles. The van der Waals surface area contributed by atoms with Gasteiger partial charge in [-0.3, -0.25) is 9.38 Å². The molecular weight excluding hydrogens is 268 g/mol. The van der Waals surface area contributed by atoms with Gasteiger partial charge < -0.3 is 4.52 Å². The molecular formula is C14H10N6O. The van der Waals surface area contributed by atoms with Gasteiger partial charge in [-0.1, -0.05) is 5.16 Å². The normalized spacial score (nSPS) is 11.1. The first kappa shape index (κ1) is 11.7. The van der Waals surface area contributed by atoms with Gasteiger partial charge in [-0.05, 0) is 18.2 Å². The monoisotopic (exact) mass is 278 g/mol. The standard InChI is InChI=1S/C14H10N6O/c1-9-18-13(19-21-9)10-2-4-16-12(6-10)14-17-5-3-11-7-15-8-20(11)14/h2-8H,1H3. The highest BCUT2D eigenvalue weighted by atomic mass is 16.5. The maximum Gasteiger partial charge on any atom is 0.223 e. The summed E-state index contributed by atoms with van der Waals surface area (Å²) >= 11 is 0. The predicted molar refractivity (Wildman–Crippen MR) is 74.2 cm³/mol. The summed E-state index contributed by atoms with van der Waals surface area (Å²) in [6, 6.07) is 5.61. The zero-order valence-electron chi connectivity index (χ0n) is 11.1. The third kappa shape index (κ3) is 1.95. The molecule has 4 heterocycles. The first-order chi connectivity index (χ1) is 10.3. The van der Waals surface area contributed by atoms with Crippen molar-refractivity contribution >= 4 is 5.52 Å². The second-order valence-electron chi connectivity index (χ2n) is 4.52. The Labute approximate surface area is 119 Å². The second-order valence-corrected chi connectivity index (χ2v) is 4.52. The molecule has 0 saturated carbocycles. The first-order valence-electron chi connectivity index (χ1n) is 6.35.